The van der Waals surface area contributed by atoms with Gasteiger partial charge in [-0.3, -0.25) is 9.59 Å². The van der Waals surface area contributed by atoms with Gasteiger partial charge in [0.05, 0.1) is 5.69 Å². The topological polar surface area (TPSA) is 103 Å². The number of rotatable bonds is 3. The molecule has 0 saturated heterocycles. The number of nitrogens with two attached hydrogens (primary N) is 2. The van der Waals surface area contributed by atoms with Crippen LogP contribution in [-0.4, -0.2) is 21.9 Å². The molecule has 0 aliphatic heterocycles. The van der Waals surface area contributed by atoms with E-state index in [9.17, 15) is 9.59 Å². The average molecular weight is 335 g/mol. The number of fused-ring (bicyclic) bond motifs is 1. The van der Waals surface area contributed by atoms with Gasteiger partial charge in [0, 0.05) is 13.2 Å². The Morgan fingerprint density at radius 1 is 1.22 bits per heavy atom. The Bertz CT molecular complexity index is 744. The molecule has 0 unspecified atom stereocenters. The van der Waals surface area contributed by atoms with E-state index in [0.29, 0.717) is 24.2 Å². The van der Waals surface area contributed by atoms with Crippen LogP contribution in [0.2, 0.25) is 0 Å². The van der Waals surface area contributed by atoms with Crippen LogP contribution in [-0.2, 0) is 24.7 Å². The van der Waals surface area contributed by atoms with Gasteiger partial charge in [0.1, 0.15) is 11.2 Å². The molecule has 5 N–H and O–H groups in total. The van der Waals surface area contributed by atoms with E-state index >= 15 is 0 Å². The van der Waals surface area contributed by atoms with Crippen molar-refractivity contribution < 1.29 is 9.59 Å². The van der Waals surface area contributed by atoms with Crippen molar-refractivity contribution in [3.05, 3.63) is 53.3 Å². The van der Waals surface area contributed by atoms with E-state index in [1.807, 2.05) is 24.3 Å². The molecule has 122 valence electrons. The van der Waals surface area contributed by atoms with Crippen molar-refractivity contribution >= 4 is 29.9 Å². The van der Waals surface area contributed by atoms with Crippen molar-refractivity contribution in [3.63, 3.8) is 0 Å². The predicted molar refractivity (Wildman–Crippen MR) is 90.6 cm³/mol. The van der Waals surface area contributed by atoms with Gasteiger partial charge in [0.2, 0.25) is 5.91 Å². The molecule has 23 heavy (non-hydrogen) atoms. The van der Waals surface area contributed by atoms with Crippen molar-refractivity contribution in [2.75, 3.05) is 5.32 Å². The maximum absolute atomic E-state index is 12.5. The van der Waals surface area contributed by atoms with E-state index in [2.05, 4.69) is 5.32 Å². The summed E-state index contributed by atoms with van der Waals surface area (Å²) in [4.78, 5) is 23.8. The van der Waals surface area contributed by atoms with Crippen LogP contribution in [0.15, 0.2) is 36.5 Å². The third-order valence-corrected chi connectivity index (χ3v) is 4.10. The lowest BCUT2D eigenvalue weighted by atomic mass is 9.96. The number of aromatic nitrogens is 1. The van der Waals surface area contributed by atoms with Crippen molar-refractivity contribution in [1.29, 1.82) is 0 Å². The lowest BCUT2D eigenvalue weighted by Crippen LogP contribution is -2.52. The van der Waals surface area contributed by atoms with Crippen LogP contribution in [0.1, 0.15) is 21.6 Å². The Kier molecular flexibility index (Phi) is 4.49. The molecule has 3 rings (SSSR count). The highest BCUT2D eigenvalue weighted by Crippen LogP contribution is 2.29. The summed E-state index contributed by atoms with van der Waals surface area (Å²) in [5.74, 6) is -0.802. The Balaban J connectivity index is 0.00000192. The lowest BCUT2D eigenvalue weighted by molar-refractivity contribution is -0.120. The number of primary amides is 1. The number of amides is 2. The predicted octanol–water partition coefficient (Wildman–Crippen LogP) is 0.981. The van der Waals surface area contributed by atoms with Crippen LogP contribution in [0.3, 0.4) is 0 Å². The SMILES string of the molecule is Cl.Cn1cc(NC(=O)C2(N)Cc3ccccc3C2)cc1C(N)=O. The van der Waals surface area contributed by atoms with Crippen LogP contribution in [0, 0.1) is 0 Å². The summed E-state index contributed by atoms with van der Waals surface area (Å²) in [7, 11) is 1.69. The maximum atomic E-state index is 12.5. The highest BCUT2D eigenvalue weighted by atomic mass is 35.5. The first-order valence-electron chi connectivity index (χ1n) is 7.02. The van der Waals surface area contributed by atoms with E-state index in [0.717, 1.165) is 11.1 Å². The Morgan fingerprint density at radius 3 is 2.26 bits per heavy atom. The van der Waals surface area contributed by atoms with E-state index in [1.165, 1.54) is 0 Å². The molecule has 7 heteroatoms. The molecule has 1 heterocycles. The molecule has 6 nitrogen and oxygen atoms in total. The van der Waals surface area contributed by atoms with Gasteiger partial charge < -0.3 is 21.4 Å². The van der Waals surface area contributed by atoms with Crippen LogP contribution < -0.4 is 16.8 Å². The first kappa shape index (κ1) is 17.1. The molecule has 0 fully saturated rings. The minimum absolute atomic E-state index is 0. The maximum Gasteiger partial charge on any atom is 0.265 e. The molecule has 2 aromatic rings. The molecule has 0 saturated carbocycles. The van der Waals surface area contributed by atoms with Gasteiger partial charge in [0.15, 0.2) is 0 Å². The Morgan fingerprint density at radius 2 is 1.78 bits per heavy atom. The summed E-state index contributed by atoms with van der Waals surface area (Å²) < 4.78 is 1.57. The fourth-order valence-electron chi connectivity index (χ4n) is 2.94. The number of aryl methyl sites for hydroxylation is 1. The molecular formula is C16H19ClN4O2. The number of carbonyl (C=O) groups is 2. The molecule has 1 aliphatic carbocycles. The third-order valence-electron chi connectivity index (χ3n) is 4.10. The highest BCUT2D eigenvalue weighted by molar-refractivity contribution is 6.00. The number of nitrogens with zero attached hydrogens (tertiary/aromatic N) is 1. The molecular weight excluding hydrogens is 316 g/mol. The zero-order valence-corrected chi connectivity index (χ0v) is 13.5. The minimum atomic E-state index is -0.966. The number of hydrogen-bond donors (Lipinski definition) is 3. The number of anilines is 1. The van der Waals surface area contributed by atoms with E-state index in [4.69, 9.17) is 11.5 Å². The van der Waals surface area contributed by atoms with E-state index in [1.54, 1.807) is 23.9 Å². The smallest absolute Gasteiger partial charge is 0.265 e. The molecule has 1 aromatic heterocycles. The second kappa shape index (κ2) is 6.06. The number of benzene rings is 1. The summed E-state index contributed by atoms with van der Waals surface area (Å²) in [6.07, 6.45) is 2.65. The first-order valence-corrected chi connectivity index (χ1v) is 7.02. The van der Waals surface area contributed by atoms with Gasteiger partial charge in [-0.05, 0) is 30.0 Å². The summed E-state index contributed by atoms with van der Waals surface area (Å²) in [5, 5.41) is 2.78. The number of nitrogens with one attached hydrogen (secondary N) is 1. The Labute approximate surface area is 140 Å². The number of carbonyl (C=O) groups excluding carboxylic acids is 2. The summed E-state index contributed by atoms with van der Waals surface area (Å²) in [6.45, 7) is 0. The standard InChI is InChI=1S/C16H18N4O2.ClH/c1-20-9-12(6-13(20)14(17)21)19-15(22)16(18)7-10-4-2-3-5-11(10)8-16;/h2-6,9H,7-8,18H2,1H3,(H2,17,21)(H,19,22);1H. The van der Waals surface area contributed by atoms with Gasteiger partial charge in [-0.2, -0.15) is 0 Å². The van der Waals surface area contributed by atoms with E-state index < -0.39 is 11.4 Å². The van der Waals surface area contributed by atoms with Crippen LogP contribution >= 0.6 is 12.4 Å². The van der Waals surface area contributed by atoms with E-state index in [-0.39, 0.29) is 18.3 Å². The average Bonchev–Trinajstić information content (AvgIpc) is 2.98. The highest BCUT2D eigenvalue weighted by Gasteiger charge is 2.40. The first-order chi connectivity index (χ1) is 10.4. The van der Waals surface area contributed by atoms with Crippen molar-refractivity contribution in [1.82, 2.24) is 4.57 Å². The van der Waals surface area contributed by atoms with Crippen LogP contribution in [0.25, 0.3) is 0 Å². The summed E-state index contributed by atoms with van der Waals surface area (Å²) in [5.41, 5.74) is 13.6. The van der Waals surface area contributed by atoms with Crippen LogP contribution in [0.5, 0.6) is 0 Å². The van der Waals surface area contributed by atoms with Gasteiger partial charge in [-0.15, -0.1) is 12.4 Å². The van der Waals surface area contributed by atoms with Crippen molar-refractivity contribution in [3.8, 4) is 0 Å². The monoisotopic (exact) mass is 334 g/mol. The molecule has 0 spiro atoms. The molecule has 1 aliphatic rings. The molecule has 0 radical (unpaired) electrons. The summed E-state index contributed by atoms with van der Waals surface area (Å²) >= 11 is 0. The zero-order chi connectivity index (χ0) is 15.9. The van der Waals surface area contributed by atoms with Crippen LogP contribution in [0.4, 0.5) is 5.69 Å². The Hall–Kier alpha value is -2.31. The fourth-order valence-corrected chi connectivity index (χ4v) is 2.94. The second-order valence-corrected chi connectivity index (χ2v) is 5.82. The summed E-state index contributed by atoms with van der Waals surface area (Å²) in [6, 6.07) is 9.42. The molecule has 2 amide bonds. The van der Waals surface area contributed by atoms with Crippen molar-refractivity contribution in [2.45, 2.75) is 18.4 Å². The zero-order valence-electron chi connectivity index (χ0n) is 12.7. The van der Waals surface area contributed by atoms with Gasteiger partial charge in [-0.25, -0.2) is 0 Å². The van der Waals surface area contributed by atoms with Gasteiger partial charge in [0.25, 0.3) is 5.91 Å². The van der Waals surface area contributed by atoms with Crippen molar-refractivity contribution in [2.24, 2.45) is 18.5 Å². The molecule has 1 aromatic carbocycles. The molecule has 0 bridgehead atoms. The number of hydrogen-bond acceptors (Lipinski definition) is 3. The van der Waals surface area contributed by atoms with Gasteiger partial charge >= 0.3 is 0 Å². The third kappa shape index (κ3) is 3.09. The van der Waals surface area contributed by atoms with Gasteiger partial charge in [-0.1, -0.05) is 24.3 Å². The fraction of sp³-hybridized carbons (Fsp3) is 0.250. The lowest BCUT2D eigenvalue weighted by Gasteiger charge is -2.22. The largest absolute Gasteiger partial charge is 0.364 e. The molecule has 0 atom stereocenters. The quantitative estimate of drug-likeness (QED) is 0.779. The minimum Gasteiger partial charge on any atom is -0.364 e. The second-order valence-electron chi connectivity index (χ2n) is 5.82. The number of halogens is 1. The normalized spacial score (nSPS) is 14.7.